The molecule has 0 saturated carbocycles. The van der Waals surface area contributed by atoms with Gasteiger partial charge in [0.05, 0.1) is 43.9 Å². The Kier molecular flexibility index (Phi) is 26.2. The molecule has 44 heavy (non-hydrogen) atoms. The molecule has 0 fully saturated rings. The van der Waals surface area contributed by atoms with Gasteiger partial charge in [-0.3, -0.25) is 14.4 Å². The Morgan fingerprint density at radius 3 is 1.09 bits per heavy atom. The van der Waals surface area contributed by atoms with Gasteiger partial charge in [-0.15, -0.1) is 0 Å². The molecule has 3 atom stereocenters. The van der Waals surface area contributed by atoms with Crippen LogP contribution < -0.4 is 0 Å². The highest BCUT2D eigenvalue weighted by atomic mass is 16.4. The molecule has 0 saturated heterocycles. The second-order valence-electron chi connectivity index (χ2n) is 13.7. The maximum absolute atomic E-state index is 11.5. The number of allylic oxidation sites excluding steroid dienone is 2. The SMILES string of the molecule is CCCCCCCCC/C=C/CCCCCCCCCCC[N+](CCC(C)C(=O)O)(CCC(C)C(=O)O)CCC(C)C(=O)O. The number of nitrogens with zero attached hydrogens (tertiary/aromatic N) is 1. The molecule has 258 valence electrons. The molecule has 0 aromatic heterocycles. The summed E-state index contributed by atoms with van der Waals surface area (Å²) >= 11 is 0. The van der Waals surface area contributed by atoms with Gasteiger partial charge in [0.1, 0.15) is 0 Å². The predicted molar refractivity (Wildman–Crippen MR) is 182 cm³/mol. The summed E-state index contributed by atoms with van der Waals surface area (Å²) in [6, 6.07) is 0. The summed E-state index contributed by atoms with van der Waals surface area (Å²) in [4.78, 5) is 34.5. The molecule has 0 aliphatic rings. The molecule has 0 spiro atoms. The van der Waals surface area contributed by atoms with E-state index in [-0.39, 0.29) is 0 Å². The summed E-state index contributed by atoms with van der Waals surface area (Å²) in [5.41, 5.74) is 0. The minimum Gasteiger partial charge on any atom is -0.481 e. The molecule has 0 rings (SSSR count). The van der Waals surface area contributed by atoms with E-state index in [9.17, 15) is 29.7 Å². The van der Waals surface area contributed by atoms with Crippen LogP contribution in [0.3, 0.4) is 0 Å². The van der Waals surface area contributed by atoms with E-state index in [0.717, 1.165) is 19.4 Å². The Hall–Kier alpha value is -1.89. The molecule has 0 radical (unpaired) electrons. The zero-order valence-electron chi connectivity index (χ0n) is 29.1. The fraction of sp³-hybridized carbons (Fsp3) is 0.865. The number of unbranched alkanes of at least 4 members (excludes halogenated alkanes) is 16. The lowest BCUT2D eigenvalue weighted by Crippen LogP contribution is -2.52. The fourth-order valence-corrected chi connectivity index (χ4v) is 5.85. The minimum absolute atomic E-state index is 0.479. The van der Waals surface area contributed by atoms with Crippen LogP contribution in [-0.2, 0) is 14.4 Å². The predicted octanol–water partition coefficient (Wildman–Crippen LogP) is 9.73. The van der Waals surface area contributed by atoms with Crippen LogP contribution in [0.1, 0.15) is 163 Å². The number of hydrogen-bond donors (Lipinski definition) is 3. The van der Waals surface area contributed by atoms with Gasteiger partial charge in [0.25, 0.3) is 0 Å². The lowest BCUT2D eigenvalue weighted by molar-refractivity contribution is -0.929. The highest BCUT2D eigenvalue weighted by Gasteiger charge is 2.31. The van der Waals surface area contributed by atoms with Crippen molar-refractivity contribution in [2.45, 2.75) is 163 Å². The maximum Gasteiger partial charge on any atom is 0.306 e. The number of carboxylic acids is 3. The Morgan fingerprint density at radius 2 is 0.773 bits per heavy atom. The summed E-state index contributed by atoms with van der Waals surface area (Å²) in [7, 11) is 0. The molecule has 0 amide bonds. The van der Waals surface area contributed by atoms with Gasteiger partial charge in [0, 0.05) is 19.3 Å². The number of carbonyl (C=O) groups is 3. The maximum atomic E-state index is 11.5. The van der Waals surface area contributed by atoms with E-state index < -0.39 is 35.7 Å². The largest absolute Gasteiger partial charge is 0.481 e. The van der Waals surface area contributed by atoms with E-state index >= 15 is 0 Å². The van der Waals surface area contributed by atoms with Crippen LogP contribution in [0.5, 0.6) is 0 Å². The van der Waals surface area contributed by atoms with Gasteiger partial charge >= 0.3 is 17.9 Å². The molecule has 3 N–H and O–H groups in total. The molecule has 0 heterocycles. The van der Waals surface area contributed by atoms with Gasteiger partial charge in [-0.1, -0.05) is 117 Å². The molecular weight excluding hydrogens is 554 g/mol. The van der Waals surface area contributed by atoms with Crippen molar-refractivity contribution in [1.29, 1.82) is 0 Å². The number of rotatable bonds is 32. The lowest BCUT2D eigenvalue weighted by Gasteiger charge is -2.40. The molecule has 3 unspecified atom stereocenters. The van der Waals surface area contributed by atoms with Gasteiger partial charge in [0.2, 0.25) is 0 Å². The number of quaternary nitrogens is 1. The monoisotopic (exact) mass is 625 g/mol. The quantitative estimate of drug-likeness (QED) is 0.0390. The first kappa shape index (κ1) is 42.1. The highest BCUT2D eigenvalue weighted by Crippen LogP contribution is 2.22. The van der Waals surface area contributed by atoms with E-state index in [1.54, 1.807) is 20.8 Å². The van der Waals surface area contributed by atoms with Crippen LogP contribution in [0.4, 0.5) is 0 Å². The third-order valence-corrected chi connectivity index (χ3v) is 9.52. The second-order valence-corrected chi connectivity index (χ2v) is 13.7. The summed E-state index contributed by atoms with van der Waals surface area (Å²) in [6.45, 7) is 10.2. The Balaban J connectivity index is 4.41. The van der Waals surface area contributed by atoms with Crippen molar-refractivity contribution in [3.05, 3.63) is 12.2 Å². The first-order chi connectivity index (χ1) is 21.0. The smallest absolute Gasteiger partial charge is 0.306 e. The van der Waals surface area contributed by atoms with Crippen LogP contribution in [-0.4, -0.2) is 63.9 Å². The van der Waals surface area contributed by atoms with E-state index in [1.165, 1.54) is 103 Å². The summed E-state index contributed by atoms with van der Waals surface area (Å²) in [5.74, 6) is -3.91. The number of carboxylic acid groups (broad SMARTS) is 3. The van der Waals surface area contributed by atoms with E-state index in [1.807, 2.05) is 0 Å². The fourth-order valence-electron chi connectivity index (χ4n) is 5.85. The van der Waals surface area contributed by atoms with Crippen molar-refractivity contribution < 1.29 is 34.2 Å². The van der Waals surface area contributed by atoms with Crippen molar-refractivity contribution in [1.82, 2.24) is 0 Å². The molecule has 0 aromatic carbocycles. The average Bonchev–Trinajstić information content (AvgIpc) is 2.99. The topological polar surface area (TPSA) is 112 Å². The van der Waals surface area contributed by atoms with Crippen molar-refractivity contribution in [3.63, 3.8) is 0 Å². The molecule has 0 aliphatic carbocycles. The van der Waals surface area contributed by atoms with Gasteiger partial charge in [-0.2, -0.15) is 0 Å². The van der Waals surface area contributed by atoms with Gasteiger partial charge in [0.15, 0.2) is 0 Å². The first-order valence-corrected chi connectivity index (χ1v) is 18.2. The molecular formula is C37H70NO6+. The standard InChI is InChI=1S/C37H69NO6/c1-5-6-7-8-9-10-11-12-13-14-15-16-17-18-19-20-21-22-23-24-28-38(29-25-32(2)35(39)40,30-26-33(3)36(41)42)31-27-34(4)37(43)44/h13-14,32-34H,5-12,15-31H2,1-4H3,(H2-,39,40,41,42,43,44)/p+1/b14-13+. The van der Waals surface area contributed by atoms with Crippen LogP contribution >= 0.6 is 0 Å². The minimum atomic E-state index is -0.823. The summed E-state index contributed by atoms with van der Waals surface area (Å²) in [6.07, 6.45) is 29.3. The Morgan fingerprint density at radius 1 is 0.477 bits per heavy atom. The molecule has 0 aromatic rings. The van der Waals surface area contributed by atoms with Crippen molar-refractivity contribution in [2.75, 3.05) is 26.2 Å². The van der Waals surface area contributed by atoms with Crippen molar-refractivity contribution in [3.8, 4) is 0 Å². The van der Waals surface area contributed by atoms with Gasteiger partial charge in [-0.05, 0) is 38.5 Å². The van der Waals surface area contributed by atoms with Gasteiger partial charge in [-0.25, -0.2) is 0 Å². The van der Waals surface area contributed by atoms with E-state index in [0.29, 0.717) is 43.4 Å². The van der Waals surface area contributed by atoms with Crippen LogP contribution in [0.15, 0.2) is 12.2 Å². The third kappa shape index (κ3) is 23.5. The number of aliphatic carboxylic acids is 3. The van der Waals surface area contributed by atoms with Crippen LogP contribution in [0.25, 0.3) is 0 Å². The first-order valence-electron chi connectivity index (χ1n) is 18.2. The van der Waals surface area contributed by atoms with Crippen LogP contribution in [0, 0.1) is 17.8 Å². The second kappa shape index (κ2) is 27.4. The number of hydrogen-bond acceptors (Lipinski definition) is 3. The lowest BCUT2D eigenvalue weighted by atomic mass is 10.0. The van der Waals surface area contributed by atoms with Crippen molar-refractivity contribution >= 4 is 17.9 Å². The van der Waals surface area contributed by atoms with E-state index in [2.05, 4.69) is 19.1 Å². The Labute approximate surface area is 270 Å². The molecule has 0 bridgehead atoms. The van der Waals surface area contributed by atoms with Crippen molar-refractivity contribution in [2.24, 2.45) is 17.8 Å². The normalized spacial score (nSPS) is 15.2. The molecule has 7 heteroatoms. The zero-order chi connectivity index (χ0) is 33.1. The molecule has 7 nitrogen and oxygen atoms in total. The zero-order valence-corrected chi connectivity index (χ0v) is 29.1. The third-order valence-electron chi connectivity index (χ3n) is 9.52. The van der Waals surface area contributed by atoms with Crippen LogP contribution in [0.2, 0.25) is 0 Å². The molecule has 0 aliphatic heterocycles. The summed E-state index contributed by atoms with van der Waals surface area (Å²) in [5, 5.41) is 28.3. The van der Waals surface area contributed by atoms with Gasteiger partial charge < -0.3 is 19.8 Å². The average molecular weight is 625 g/mol. The summed E-state index contributed by atoms with van der Waals surface area (Å²) < 4.78 is 0.611. The highest BCUT2D eigenvalue weighted by molar-refractivity contribution is 5.70. The van der Waals surface area contributed by atoms with E-state index in [4.69, 9.17) is 0 Å². The Bertz CT molecular complexity index is 707.